The Kier molecular flexibility index (Phi) is 8.20. The standard InChI is InChI=1S/C49H66BClN2O/c1-47(2,3)32-27-36-45-38(28-32)50-37-22-21-33(51)29-40(37)52(39-19-14-18-35-34-17-10-11-20-43(34)54-46(35)39)41-25-31(30-15-8-6-9-16-30)26-42(44(41)50)53(45)48(4,5)49(36)23-12-7-13-24-49/h11,14,18,20-21,27-28,30-31,35,37-40,42,45-46H,6-10,12-13,15-17,19,22-26,29H2,1-5H3. The van der Waals surface area contributed by atoms with E-state index < -0.39 is 0 Å². The van der Waals surface area contributed by atoms with Gasteiger partial charge in [-0.25, -0.2) is 0 Å². The van der Waals surface area contributed by atoms with Crippen molar-refractivity contribution in [1.82, 2.24) is 9.80 Å². The molecule has 288 valence electrons. The maximum atomic E-state index is 7.25. The Morgan fingerprint density at radius 2 is 1.72 bits per heavy atom. The van der Waals surface area contributed by atoms with E-state index >= 15 is 0 Å². The molecule has 3 nitrogen and oxygen atoms in total. The second-order valence-corrected chi connectivity index (χ2v) is 22.0. The SMILES string of the molecule is CC(C)(C)C1=CC2B3C4=C(CC(C5CCCCC5)CC4N4C2C(=C1)C1(CCCCC1)C4(C)C)N(C1CC=CC2C4=C(C=CCC4)OC21)C1CC(Cl)=CCC31. The zero-order valence-corrected chi connectivity index (χ0v) is 34.8. The van der Waals surface area contributed by atoms with Gasteiger partial charge >= 0.3 is 0 Å². The average Bonchev–Trinajstić information content (AvgIpc) is 3.64. The summed E-state index contributed by atoms with van der Waals surface area (Å²) in [4.78, 5) is 6.36. The first-order chi connectivity index (χ1) is 26.1. The highest BCUT2D eigenvalue weighted by atomic mass is 35.5. The lowest BCUT2D eigenvalue weighted by molar-refractivity contribution is -0.0174. The molecule has 9 unspecified atom stereocenters. The lowest BCUT2D eigenvalue weighted by Gasteiger charge is -2.64. The summed E-state index contributed by atoms with van der Waals surface area (Å²) in [6.07, 6.45) is 40.3. The molecule has 1 spiro atoms. The molecule has 0 aromatic heterocycles. The Labute approximate surface area is 332 Å². The third-order valence-corrected chi connectivity index (χ3v) is 18.3. The fourth-order valence-corrected chi connectivity index (χ4v) is 15.9. The molecule has 54 heavy (non-hydrogen) atoms. The van der Waals surface area contributed by atoms with E-state index in [2.05, 4.69) is 87.0 Å². The van der Waals surface area contributed by atoms with E-state index in [0.29, 0.717) is 48.4 Å². The molecule has 0 bridgehead atoms. The van der Waals surface area contributed by atoms with Gasteiger partial charge in [0.25, 0.3) is 0 Å². The quantitative estimate of drug-likeness (QED) is 0.207. The van der Waals surface area contributed by atoms with Crippen molar-refractivity contribution in [3.63, 3.8) is 0 Å². The zero-order chi connectivity index (χ0) is 36.7. The van der Waals surface area contributed by atoms with Crippen molar-refractivity contribution in [2.24, 2.45) is 28.6 Å². The van der Waals surface area contributed by atoms with Crippen molar-refractivity contribution >= 4 is 18.3 Å². The summed E-state index contributed by atoms with van der Waals surface area (Å²) >= 11 is 7.25. The minimum Gasteiger partial charge on any atom is -0.487 e. The van der Waals surface area contributed by atoms with Crippen molar-refractivity contribution in [2.75, 3.05) is 0 Å². The summed E-state index contributed by atoms with van der Waals surface area (Å²) in [6.45, 7) is 13.5. The third-order valence-electron chi connectivity index (χ3n) is 18.0. The molecular weight excluding hydrogens is 679 g/mol. The van der Waals surface area contributed by atoms with Crippen LogP contribution in [-0.2, 0) is 4.74 Å². The maximum Gasteiger partial charge on any atom is 0.189 e. The van der Waals surface area contributed by atoms with Crippen LogP contribution in [0.2, 0.25) is 11.6 Å². The monoisotopic (exact) mass is 744 g/mol. The van der Waals surface area contributed by atoms with Gasteiger partial charge in [0.05, 0.1) is 6.04 Å². The van der Waals surface area contributed by atoms with Crippen LogP contribution in [0, 0.1) is 28.6 Å². The molecule has 4 heterocycles. The van der Waals surface area contributed by atoms with Gasteiger partial charge in [0.1, 0.15) is 11.9 Å². The molecule has 0 amide bonds. The van der Waals surface area contributed by atoms with Crippen LogP contribution in [0.15, 0.2) is 81.2 Å². The van der Waals surface area contributed by atoms with Gasteiger partial charge in [-0.1, -0.05) is 126 Å². The van der Waals surface area contributed by atoms with Crippen LogP contribution in [0.5, 0.6) is 0 Å². The third kappa shape index (κ3) is 4.89. The Bertz CT molecular complexity index is 1810. The van der Waals surface area contributed by atoms with Gasteiger partial charge in [-0.2, -0.15) is 0 Å². The second kappa shape index (κ2) is 12.5. The van der Waals surface area contributed by atoms with Crippen LogP contribution < -0.4 is 0 Å². The van der Waals surface area contributed by atoms with Gasteiger partial charge in [0.15, 0.2) is 6.71 Å². The number of ether oxygens (including phenoxy) is 1. The zero-order valence-electron chi connectivity index (χ0n) is 34.1. The molecule has 9 atom stereocenters. The first-order valence-corrected chi connectivity index (χ1v) is 23.3. The molecule has 0 N–H and O–H groups in total. The van der Waals surface area contributed by atoms with Crippen LogP contribution in [0.4, 0.5) is 0 Å². The molecule has 4 aliphatic heterocycles. The van der Waals surface area contributed by atoms with Crippen molar-refractivity contribution < 1.29 is 4.74 Å². The van der Waals surface area contributed by atoms with E-state index in [-0.39, 0.29) is 22.5 Å². The molecule has 0 radical (unpaired) electrons. The maximum absolute atomic E-state index is 7.25. The van der Waals surface area contributed by atoms with E-state index in [0.717, 1.165) is 49.0 Å². The smallest absolute Gasteiger partial charge is 0.189 e. The summed E-state index contributed by atoms with van der Waals surface area (Å²) in [5.74, 6) is 4.36. The molecule has 0 aromatic rings. The fraction of sp³-hybridized carbons (Fsp3) is 0.714. The Hall–Kier alpha value is -1.91. The van der Waals surface area contributed by atoms with Gasteiger partial charge in [-0.15, -0.1) is 0 Å². The van der Waals surface area contributed by atoms with Crippen LogP contribution in [0.25, 0.3) is 0 Å². The van der Waals surface area contributed by atoms with Crippen molar-refractivity contribution in [1.29, 1.82) is 0 Å². The summed E-state index contributed by atoms with van der Waals surface area (Å²) in [5.41, 5.74) is 9.26. The Morgan fingerprint density at radius 1 is 0.926 bits per heavy atom. The van der Waals surface area contributed by atoms with Crippen molar-refractivity contribution in [3.05, 3.63) is 81.2 Å². The van der Waals surface area contributed by atoms with Gasteiger partial charge in [-0.05, 0) is 117 Å². The van der Waals surface area contributed by atoms with Crippen molar-refractivity contribution in [3.8, 4) is 0 Å². The second-order valence-electron chi connectivity index (χ2n) is 21.5. The fourth-order valence-electron chi connectivity index (χ4n) is 15.6. The van der Waals surface area contributed by atoms with E-state index in [1.54, 1.807) is 16.8 Å². The lowest BCUT2D eigenvalue weighted by Crippen LogP contribution is -2.68. The van der Waals surface area contributed by atoms with E-state index in [1.807, 2.05) is 11.0 Å². The summed E-state index contributed by atoms with van der Waals surface area (Å²) in [7, 11) is 0. The minimum atomic E-state index is 0.131. The number of halogens is 1. The highest BCUT2D eigenvalue weighted by Crippen LogP contribution is 2.70. The Balaban J connectivity index is 1.13. The average molecular weight is 745 g/mol. The van der Waals surface area contributed by atoms with Gasteiger partial charge < -0.3 is 9.64 Å². The summed E-state index contributed by atoms with van der Waals surface area (Å²) < 4.78 is 7.16. The number of fused-ring (bicyclic) bond motifs is 7. The highest BCUT2D eigenvalue weighted by Gasteiger charge is 2.70. The lowest BCUT2D eigenvalue weighted by atomic mass is 9.22. The van der Waals surface area contributed by atoms with E-state index in [9.17, 15) is 0 Å². The predicted octanol–water partition coefficient (Wildman–Crippen LogP) is 12.3. The number of rotatable bonds is 2. The van der Waals surface area contributed by atoms with Crippen LogP contribution >= 0.6 is 11.6 Å². The van der Waals surface area contributed by atoms with Crippen LogP contribution in [0.1, 0.15) is 144 Å². The van der Waals surface area contributed by atoms with Crippen LogP contribution in [0.3, 0.4) is 0 Å². The molecule has 11 aliphatic rings. The van der Waals surface area contributed by atoms with Crippen LogP contribution in [-0.4, -0.2) is 52.3 Å². The number of hydrogen-bond acceptors (Lipinski definition) is 3. The highest BCUT2D eigenvalue weighted by molar-refractivity contribution is 6.72. The van der Waals surface area contributed by atoms with Crippen molar-refractivity contribution in [2.45, 2.75) is 191 Å². The molecule has 7 aliphatic carbocycles. The predicted molar refractivity (Wildman–Crippen MR) is 224 cm³/mol. The number of hydrogen-bond donors (Lipinski definition) is 0. The largest absolute Gasteiger partial charge is 0.487 e. The summed E-state index contributed by atoms with van der Waals surface area (Å²) in [5, 5.41) is 1.10. The molecular formula is C49H66BClN2O. The molecule has 2 saturated carbocycles. The molecule has 0 aromatic carbocycles. The van der Waals surface area contributed by atoms with Gasteiger partial charge in [0, 0.05) is 52.1 Å². The molecule has 4 fully saturated rings. The normalized spacial score (nSPS) is 40.7. The van der Waals surface area contributed by atoms with E-state index in [4.69, 9.17) is 16.3 Å². The molecule has 5 heteroatoms. The van der Waals surface area contributed by atoms with Gasteiger partial charge in [0.2, 0.25) is 0 Å². The van der Waals surface area contributed by atoms with Gasteiger partial charge in [-0.3, -0.25) is 4.90 Å². The first kappa shape index (κ1) is 35.3. The number of allylic oxidation sites excluding steroid dienone is 6. The number of nitrogens with zero attached hydrogens (tertiary/aromatic N) is 2. The topological polar surface area (TPSA) is 15.7 Å². The minimum absolute atomic E-state index is 0.131. The Morgan fingerprint density at radius 3 is 2.52 bits per heavy atom. The first-order valence-electron chi connectivity index (χ1n) is 22.9. The molecule has 11 rings (SSSR count). The molecule has 2 saturated heterocycles. The summed E-state index contributed by atoms with van der Waals surface area (Å²) in [6, 6.07) is 1.87. The van der Waals surface area contributed by atoms with E-state index in [1.165, 1.54) is 82.8 Å².